The molecule has 1 unspecified atom stereocenters. The van der Waals surface area contributed by atoms with Crippen molar-refractivity contribution in [3.8, 4) is 11.5 Å². The van der Waals surface area contributed by atoms with Gasteiger partial charge in [-0.25, -0.2) is 0 Å². The summed E-state index contributed by atoms with van der Waals surface area (Å²) in [4.78, 5) is 12.1. The van der Waals surface area contributed by atoms with Gasteiger partial charge in [0.15, 0.2) is 11.5 Å². The summed E-state index contributed by atoms with van der Waals surface area (Å²) in [6.07, 6.45) is 0. The van der Waals surface area contributed by atoms with Crippen molar-refractivity contribution in [3.05, 3.63) is 23.8 Å². The van der Waals surface area contributed by atoms with Crippen LogP contribution in [-0.4, -0.2) is 52.5 Å². The summed E-state index contributed by atoms with van der Waals surface area (Å²) in [6, 6.07) is 5.25. The fourth-order valence-corrected chi connectivity index (χ4v) is 2.05. The van der Waals surface area contributed by atoms with Crippen LogP contribution in [0, 0.1) is 0 Å². The largest absolute Gasteiger partial charge is 0.493 e. The standard InChI is InChI=1S/C14H20N2O4/c1-18-12-4-3-10(7-13(12)19-2)14(17)16-8-11-9-20-6-5-15-11/h3-4,7,11,15H,5-6,8-9H2,1-2H3,(H,16,17). The van der Waals surface area contributed by atoms with Crippen LogP contribution in [0.15, 0.2) is 18.2 Å². The van der Waals surface area contributed by atoms with E-state index in [1.165, 1.54) is 0 Å². The summed E-state index contributed by atoms with van der Waals surface area (Å²) in [5.74, 6) is 1.00. The van der Waals surface area contributed by atoms with Gasteiger partial charge >= 0.3 is 0 Å². The molecule has 6 nitrogen and oxygen atoms in total. The zero-order chi connectivity index (χ0) is 14.4. The van der Waals surface area contributed by atoms with Crippen molar-refractivity contribution in [2.24, 2.45) is 0 Å². The summed E-state index contributed by atoms with van der Waals surface area (Å²) in [5.41, 5.74) is 0.541. The number of methoxy groups -OCH3 is 2. The minimum absolute atomic E-state index is 0.140. The molecule has 20 heavy (non-hydrogen) atoms. The quantitative estimate of drug-likeness (QED) is 0.818. The van der Waals surface area contributed by atoms with Gasteiger partial charge in [-0.05, 0) is 18.2 Å². The molecule has 110 valence electrons. The van der Waals surface area contributed by atoms with E-state index in [9.17, 15) is 4.79 Å². The van der Waals surface area contributed by atoms with Gasteiger partial charge in [0, 0.05) is 24.7 Å². The Hall–Kier alpha value is -1.79. The van der Waals surface area contributed by atoms with Gasteiger partial charge < -0.3 is 24.8 Å². The van der Waals surface area contributed by atoms with Crippen molar-refractivity contribution < 1.29 is 19.0 Å². The molecule has 0 bridgehead atoms. The highest BCUT2D eigenvalue weighted by Crippen LogP contribution is 2.27. The normalized spacial score (nSPS) is 18.4. The van der Waals surface area contributed by atoms with Crippen molar-refractivity contribution in [2.75, 3.05) is 40.5 Å². The number of amides is 1. The molecule has 0 saturated carbocycles. The summed E-state index contributed by atoms with van der Waals surface area (Å²) >= 11 is 0. The molecule has 1 saturated heterocycles. The molecule has 1 amide bonds. The second-order valence-corrected chi connectivity index (χ2v) is 4.51. The molecule has 1 fully saturated rings. The molecule has 6 heteroatoms. The van der Waals surface area contributed by atoms with Gasteiger partial charge in [-0.15, -0.1) is 0 Å². The van der Waals surface area contributed by atoms with Crippen molar-refractivity contribution in [1.29, 1.82) is 0 Å². The molecule has 1 aliphatic rings. The molecule has 0 aromatic heterocycles. The molecule has 1 atom stereocenters. The van der Waals surface area contributed by atoms with Gasteiger partial charge in [-0.2, -0.15) is 0 Å². The van der Waals surface area contributed by atoms with Crippen LogP contribution >= 0.6 is 0 Å². The van der Waals surface area contributed by atoms with Crippen molar-refractivity contribution >= 4 is 5.91 Å². The molecule has 0 radical (unpaired) electrons. The van der Waals surface area contributed by atoms with E-state index in [1.54, 1.807) is 32.4 Å². The molecule has 0 spiro atoms. The number of morpholine rings is 1. The Morgan fingerprint density at radius 1 is 1.40 bits per heavy atom. The highest BCUT2D eigenvalue weighted by molar-refractivity contribution is 5.94. The number of hydrogen-bond donors (Lipinski definition) is 2. The lowest BCUT2D eigenvalue weighted by atomic mass is 10.2. The first-order valence-electron chi connectivity index (χ1n) is 6.56. The zero-order valence-corrected chi connectivity index (χ0v) is 11.8. The van der Waals surface area contributed by atoms with E-state index in [1.807, 2.05) is 0 Å². The van der Waals surface area contributed by atoms with Crippen LogP contribution in [0.5, 0.6) is 11.5 Å². The average molecular weight is 280 g/mol. The zero-order valence-electron chi connectivity index (χ0n) is 11.8. The smallest absolute Gasteiger partial charge is 0.251 e. The Bertz CT molecular complexity index is 458. The minimum atomic E-state index is -0.140. The number of ether oxygens (including phenoxy) is 3. The predicted molar refractivity (Wildman–Crippen MR) is 74.5 cm³/mol. The van der Waals surface area contributed by atoms with Crippen molar-refractivity contribution in [1.82, 2.24) is 10.6 Å². The van der Waals surface area contributed by atoms with E-state index in [2.05, 4.69) is 10.6 Å². The molecule has 2 rings (SSSR count). The lowest BCUT2D eigenvalue weighted by Gasteiger charge is -2.24. The molecular formula is C14H20N2O4. The molecule has 1 aliphatic heterocycles. The minimum Gasteiger partial charge on any atom is -0.493 e. The van der Waals surface area contributed by atoms with E-state index in [0.29, 0.717) is 30.2 Å². The van der Waals surface area contributed by atoms with Gasteiger partial charge in [0.25, 0.3) is 5.91 Å². The van der Waals surface area contributed by atoms with E-state index in [-0.39, 0.29) is 11.9 Å². The molecular weight excluding hydrogens is 260 g/mol. The Balaban J connectivity index is 1.94. The van der Waals surface area contributed by atoms with Crippen LogP contribution in [0.25, 0.3) is 0 Å². The van der Waals surface area contributed by atoms with E-state index in [4.69, 9.17) is 14.2 Å². The first-order valence-corrected chi connectivity index (χ1v) is 6.56. The Kier molecular flexibility index (Phi) is 5.20. The van der Waals surface area contributed by atoms with Crippen LogP contribution in [0.4, 0.5) is 0 Å². The summed E-state index contributed by atoms with van der Waals surface area (Å²) in [5, 5.41) is 6.16. The maximum atomic E-state index is 12.1. The Morgan fingerprint density at radius 3 is 2.85 bits per heavy atom. The lowest BCUT2D eigenvalue weighted by Crippen LogP contribution is -2.48. The Morgan fingerprint density at radius 2 is 2.20 bits per heavy atom. The summed E-state index contributed by atoms with van der Waals surface area (Å²) in [7, 11) is 3.11. The van der Waals surface area contributed by atoms with Crippen LogP contribution in [0.3, 0.4) is 0 Å². The third kappa shape index (κ3) is 3.61. The highest BCUT2D eigenvalue weighted by atomic mass is 16.5. The summed E-state index contributed by atoms with van der Waals surface area (Å²) < 4.78 is 15.7. The fraction of sp³-hybridized carbons (Fsp3) is 0.500. The second-order valence-electron chi connectivity index (χ2n) is 4.51. The van der Waals surface area contributed by atoms with Gasteiger partial charge in [-0.3, -0.25) is 4.79 Å². The second kappa shape index (κ2) is 7.12. The number of carbonyl (C=O) groups excluding carboxylic acids is 1. The molecule has 0 aliphatic carbocycles. The van der Waals surface area contributed by atoms with E-state index < -0.39 is 0 Å². The van der Waals surface area contributed by atoms with Gasteiger partial charge in [-0.1, -0.05) is 0 Å². The molecule has 1 heterocycles. The van der Waals surface area contributed by atoms with Gasteiger partial charge in [0.2, 0.25) is 0 Å². The molecule has 1 aromatic carbocycles. The predicted octanol–water partition coefficient (Wildman–Crippen LogP) is 0.422. The first kappa shape index (κ1) is 14.6. The maximum absolute atomic E-state index is 12.1. The van der Waals surface area contributed by atoms with Crippen LogP contribution in [-0.2, 0) is 4.74 Å². The Labute approximate surface area is 118 Å². The van der Waals surface area contributed by atoms with E-state index in [0.717, 1.165) is 13.2 Å². The lowest BCUT2D eigenvalue weighted by molar-refractivity contribution is 0.0734. The monoisotopic (exact) mass is 280 g/mol. The SMILES string of the molecule is COc1ccc(C(=O)NCC2COCCN2)cc1OC. The molecule has 2 N–H and O–H groups in total. The number of nitrogens with one attached hydrogen (secondary N) is 2. The van der Waals surface area contributed by atoms with Crippen LogP contribution in [0.2, 0.25) is 0 Å². The summed E-state index contributed by atoms with van der Waals surface area (Å²) in [6.45, 7) is 2.69. The van der Waals surface area contributed by atoms with Gasteiger partial charge in [0.1, 0.15) is 0 Å². The fourth-order valence-electron chi connectivity index (χ4n) is 2.05. The van der Waals surface area contributed by atoms with Gasteiger partial charge in [0.05, 0.1) is 27.4 Å². The van der Waals surface area contributed by atoms with Crippen molar-refractivity contribution in [2.45, 2.75) is 6.04 Å². The first-order chi connectivity index (χ1) is 9.74. The maximum Gasteiger partial charge on any atom is 0.251 e. The average Bonchev–Trinajstić information content (AvgIpc) is 2.52. The van der Waals surface area contributed by atoms with Crippen LogP contribution < -0.4 is 20.1 Å². The topological polar surface area (TPSA) is 68.8 Å². The molecule has 1 aromatic rings. The number of rotatable bonds is 5. The highest BCUT2D eigenvalue weighted by Gasteiger charge is 2.15. The number of hydrogen-bond acceptors (Lipinski definition) is 5. The third-order valence-electron chi connectivity index (χ3n) is 3.15. The van der Waals surface area contributed by atoms with Crippen LogP contribution in [0.1, 0.15) is 10.4 Å². The van der Waals surface area contributed by atoms with E-state index >= 15 is 0 Å². The van der Waals surface area contributed by atoms with Crippen molar-refractivity contribution in [3.63, 3.8) is 0 Å². The number of carbonyl (C=O) groups is 1. The third-order valence-corrected chi connectivity index (χ3v) is 3.15. The number of benzene rings is 1.